The number of benzene rings is 2. The van der Waals surface area contributed by atoms with Crippen LogP contribution in [0.25, 0.3) is 0 Å². The fourth-order valence-electron chi connectivity index (χ4n) is 3.04. The van der Waals surface area contributed by atoms with E-state index in [2.05, 4.69) is 5.32 Å². The number of nitro groups is 1. The average molecular weight is 427 g/mol. The highest BCUT2D eigenvalue weighted by molar-refractivity contribution is 6.00. The molecule has 0 aliphatic carbocycles. The molecule has 162 valence electrons. The molecule has 0 bridgehead atoms. The molecule has 2 unspecified atom stereocenters. The van der Waals surface area contributed by atoms with Gasteiger partial charge in [-0.05, 0) is 32.0 Å². The first kappa shape index (κ1) is 21.8. The number of hydrogen-bond donors (Lipinski definition) is 1. The summed E-state index contributed by atoms with van der Waals surface area (Å²) in [6.45, 7) is 3.09. The quantitative estimate of drug-likeness (QED) is 0.409. The van der Waals surface area contributed by atoms with Crippen LogP contribution in [0.2, 0.25) is 0 Å². The summed E-state index contributed by atoms with van der Waals surface area (Å²) in [4.78, 5) is 48.6. The largest absolute Gasteiger partial charge is 0.479 e. The second-order valence-electron chi connectivity index (χ2n) is 6.90. The Kier molecular flexibility index (Phi) is 6.49. The van der Waals surface area contributed by atoms with Crippen molar-refractivity contribution in [1.82, 2.24) is 0 Å². The number of anilines is 2. The summed E-state index contributed by atoms with van der Waals surface area (Å²) in [6, 6.07) is 12.4. The lowest BCUT2D eigenvalue weighted by molar-refractivity contribution is -0.384. The lowest BCUT2D eigenvalue weighted by atomic mass is 10.2. The minimum Gasteiger partial charge on any atom is -0.479 e. The number of esters is 1. The van der Waals surface area contributed by atoms with Crippen molar-refractivity contribution in [2.24, 2.45) is 0 Å². The molecule has 2 aromatic carbocycles. The zero-order valence-electron chi connectivity index (χ0n) is 16.9. The van der Waals surface area contributed by atoms with E-state index >= 15 is 0 Å². The van der Waals surface area contributed by atoms with E-state index in [0.717, 1.165) is 0 Å². The predicted molar refractivity (Wildman–Crippen MR) is 111 cm³/mol. The molecule has 0 saturated carbocycles. The van der Waals surface area contributed by atoms with Gasteiger partial charge in [0.2, 0.25) is 0 Å². The summed E-state index contributed by atoms with van der Waals surface area (Å²) in [6.07, 6.45) is -1.93. The van der Waals surface area contributed by atoms with E-state index in [-0.39, 0.29) is 30.2 Å². The number of nitrogens with zero attached hydrogens (tertiary/aromatic N) is 2. The maximum absolute atomic E-state index is 12.4. The Bertz CT molecular complexity index is 1020. The number of ether oxygens (including phenoxy) is 2. The summed E-state index contributed by atoms with van der Waals surface area (Å²) >= 11 is 0. The van der Waals surface area contributed by atoms with Gasteiger partial charge in [-0.3, -0.25) is 24.5 Å². The third-order valence-corrected chi connectivity index (χ3v) is 4.62. The zero-order chi connectivity index (χ0) is 22.5. The number of carbonyl (C=O) groups is 3. The molecular weight excluding hydrogens is 406 g/mol. The van der Waals surface area contributed by atoms with E-state index in [4.69, 9.17) is 9.47 Å². The van der Waals surface area contributed by atoms with E-state index in [9.17, 15) is 24.5 Å². The van der Waals surface area contributed by atoms with E-state index in [1.165, 1.54) is 36.1 Å². The van der Waals surface area contributed by atoms with E-state index in [1.807, 2.05) is 0 Å². The number of hydrogen-bond acceptors (Lipinski definition) is 7. The molecule has 0 fully saturated rings. The first-order valence-electron chi connectivity index (χ1n) is 9.58. The Labute approximate surface area is 177 Å². The van der Waals surface area contributed by atoms with E-state index in [1.54, 1.807) is 31.2 Å². The van der Waals surface area contributed by atoms with Crippen LogP contribution in [0.15, 0.2) is 48.5 Å². The molecule has 1 aliphatic heterocycles. The van der Waals surface area contributed by atoms with Crippen molar-refractivity contribution in [3.63, 3.8) is 0 Å². The average Bonchev–Trinajstić information content (AvgIpc) is 2.74. The van der Waals surface area contributed by atoms with Crippen molar-refractivity contribution in [2.45, 2.75) is 32.5 Å². The molecule has 1 aliphatic rings. The molecule has 2 amide bonds. The Morgan fingerprint density at radius 2 is 2.00 bits per heavy atom. The number of rotatable bonds is 7. The molecule has 0 aromatic heterocycles. The third-order valence-electron chi connectivity index (χ3n) is 4.62. The third kappa shape index (κ3) is 5.16. The van der Waals surface area contributed by atoms with Crippen molar-refractivity contribution >= 4 is 34.8 Å². The fourth-order valence-corrected chi connectivity index (χ4v) is 3.04. The van der Waals surface area contributed by atoms with Crippen LogP contribution in [0, 0.1) is 10.1 Å². The summed E-state index contributed by atoms with van der Waals surface area (Å²) in [5.41, 5.74) is 0.605. The summed E-state index contributed by atoms with van der Waals surface area (Å²) < 4.78 is 10.7. The molecule has 1 N–H and O–H groups in total. The predicted octanol–water partition coefficient (Wildman–Crippen LogP) is 2.67. The Morgan fingerprint density at radius 3 is 2.74 bits per heavy atom. The minimum absolute atomic E-state index is 0.0710. The van der Waals surface area contributed by atoms with Gasteiger partial charge < -0.3 is 19.7 Å². The van der Waals surface area contributed by atoms with Gasteiger partial charge in [-0.25, -0.2) is 0 Å². The van der Waals surface area contributed by atoms with Crippen LogP contribution in [0.4, 0.5) is 17.1 Å². The first-order valence-corrected chi connectivity index (χ1v) is 9.58. The molecule has 2 atom stereocenters. The van der Waals surface area contributed by atoms with Crippen LogP contribution in [-0.4, -0.2) is 41.5 Å². The Morgan fingerprint density at radius 1 is 1.26 bits per heavy atom. The van der Waals surface area contributed by atoms with Crippen LogP contribution in [0.5, 0.6) is 5.75 Å². The van der Waals surface area contributed by atoms with E-state index in [0.29, 0.717) is 11.4 Å². The van der Waals surface area contributed by atoms with Crippen molar-refractivity contribution < 1.29 is 28.8 Å². The van der Waals surface area contributed by atoms with Gasteiger partial charge in [0.05, 0.1) is 17.0 Å². The molecule has 10 heteroatoms. The number of nitrogens with one attached hydrogen (secondary N) is 1. The fraction of sp³-hybridized carbons (Fsp3) is 0.286. The SMILES string of the molecule is CC(OC(=O)CCN1C(=O)C(C)Oc2ccccc21)C(=O)Nc1cccc([N+](=O)[O-])c1. The van der Waals surface area contributed by atoms with Gasteiger partial charge >= 0.3 is 5.97 Å². The smallest absolute Gasteiger partial charge is 0.308 e. The van der Waals surface area contributed by atoms with Crippen LogP contribution < -0.4 is 15.0 Å². The van der Waals surface area contributed by atoms with Gasteiger partial charge in [0.15, 0.2) is 12.2 Å². The van der Waals surface area contributed by atoms with Crippen LogP contribution in [0.3, 0.4) is 0 Å². The second kappa shape index (κ2) is 9.24. The van der Waals surface area contributed by atoms with Crippen LogP contribution in [-0.2, 0) is 19.1 Å². The minimum atomic E-state index is -1.13. The molecule has 0 radical (unpaired) electrons. The number of para-hydroxylation sites is 2. The number of amides is 2. The van der Waals surface area contributed by atoms with Gasteiger partial charge in [-0.15, -0.1) is 0 Å². The highest BCUT2D eigenvalue weighted by Gasteiger charge is 2.31. The lowest BCUT2D eigenvalue weighted by Gasteiger charge is -2.32. The molecule has 1 heterocycles. The number of carbonyl (C=O) groups excluding carboxylic acids is 3. The molecule has 31 heavy (non-hydrogen) atoms. The number of nitro benzene ring substituents is 1. The van der Waals surface area contributed by atoms with Gasteiger partial charge in [-0.1, -0.05) is 18.2 Å². The first-order chi connectivity index (χ1) is 14.8. The number of fused-ring (bicyclic) bond motifs is 1. The van der Waals surface area contributed by atoms with Gasteiger partial charge in [0.1, 0.15) is 5.75 Å². The summed E-state index contributed by atoms with van der Waals surface area (Å²) in [5.74, 6) is -1.02. The maximum Gasteiger partial charge on any atom is 0.308 e. The van der Waals surface area contributed by atoms with Gasteiger partial charge in [0, 0.05) is 24.4 Å². The maximum atomic E-state index is 12.4. The molecule has 0 saturated heterocycles. The highest BCUT2D eigenvalue weighted by Crippen LogP contribution is 2.33. The normalized spacial score (nSPS) is 16.0. The molecule has 2 aromatic rings. The summed E-state index contributed by atoms with van der Waals surface area (Å²) in [7, 11) is 0. The van der Waals surface area contributed by atoms with Gasteiger partial charge in [0.25, 0.3) is 17.5 Å². The highest BCUT2D eigenvalue weighted by atomic mass is 16.6. The van der Waals surface area contributed by atoms with Crippen molar-refractivity contribution in [3.05, 3.63) is 58.6 Å². The molecular formula is C21H21N3O7. The summed E-state index contributed by atoms with van der Waals surface area (Å²) in [5, 5.41) is 13.3. The topological polar surface area (TPSA) is 128 Å². The Hall–Kier alpha value is -3.95. The second-order valence-corrected chi connectivity index (χ2v) is 6.90. The molecule has 3 rings (SSSR count). The zero-order valence-corrected chi connectivity index (χ0v) is 16.9. The van der Waals surface area contributed by atoms with Crippen molar-refractivity contribution in [2.75, 3.05) is 16.8 Å². The standard InChI is InChI=1S/C21H21N3O7/c1-13(20(26)22-15-6-5-7-16(12-15)24(28)29)31-19(25)10-11-23-17-8-3-4-9-18(17)30-14(2)21(23)27/h3-9,12-14H,10-11H2,1-2H3,(H,22,26). The number of non-ortho nitro benzene ring substituents is 1. The van der Waals surface area contributed by atoms with Gasteiger partial charge in [-0.2, -0.15) is 0 Å². The van der Waals surface area contributed by atoms with Crippen LogP contribution in [0.1, 0.15) is 20.3 Å². The van der Waals surface area contributed by atoms with Crippen molar-refractivity contribution in [3.8, 4) is 5.75 Å². The molecule has 0 spiro atoms. The van der Waals surface area contributed by atoms with E-state index < -0.39 is 29.0 Å². The monoisotopic (exact) mass is 427 g/mol. The molecule has 10 nitrogen and oxygen atoms in total. The van der Waals surface area contributed by atoms with Crippen LogP contribution >= 0.6 is 0 Å². The Balaban J connectivity index is 1.56. The lowest BCUT2D eigenvalue weighted by Crippen LogP contribution is -2.45. The van der Waals surface area contributed by atoms with Crippen molar-refractivity contribution in [1.29, 1.82) is 0 Å².